The molecule has 0 unspecified atom stereocenters. The van der Waals surface area contributed by atoms with Crippen LogP contribution in [0.1, 0.15) is 0 Å². The molecular formula is C10H11BrN2O4S. The first kappa shape index (κ1) is 14.7. The van der Waals surface area contributed by atoms with Gasteiger partial charge >= 0.3 is 0 Å². The highest BCUT2D eigenvalue weighted by atomic mass is 79.9. The Balaban J connectivity index is 3.29. The van der Waals surface area contributed by atoms with Gasteiger partial charge in [0.15, 0.2) is 0 Å². The summed E-state index contributed by atoms with van der Waals surface area (Å²) in [6.45, 7) is 0. The van der Waals surface area contributed by atoms with Gasteiger partial charge in [-0.15, -0.1) is 0 Å². The standard InChI is InChI=1S/C10H11BrN2O4S/c1-13(2)10(14)9(12-15)18(16,17)8-5-3-7(11)4-6-8/h3-6,15H,1-2H3. The molecule has 1 N–H and O–H groups in total. The number of rotatable bonds is 1. The van der Waals surface area contributed by atoms with Crippen LogP contribution < -0.4 is 0 Å². The van der Waals surface area contributed by atoms with Crippen molar-refractivity contribution in [3.8, 4) is 0 Å². The highest BCUT2D eigenvalue weighted by Gasteiger charge is 2.31. The van der Waals surface area contributed by atoms with E-state index in [1.54, 1.807) is 0 Å². The molecule has 98 valence electrons. The number of carbonyl (C=O) groups is 1. The van der Waals surface area contributed by atoms with Gasteiger partial charge in [0.2, 0.25) is 9.84 Å². The smallest absolute Gasteiger partial charge is 0.287 e. The maximum absolute atomic E-state index is 12.1. The van der Waals surface area contributed by atoms with Gasteiger partial charge in [-0.3, -0.25) is 4.79 Å². The Kier molecular flexibility index (Phi) is 4.47. The Morgan fingerprint density at radius 2 is 1.78 bits per heavy atom. The Labute approximate surface area is 113 Å². The number of benzene rings is 1. The van der Waals surface area contributed by atoms with Crippen LogP contribution >= 0.6 is 15.9 Å². The third-order valence-corrected chi connectivity index (χ3v) is 4.25. The fourth-order valence-corrected chi connectivity index (χ4v) is 2.63. The summed E-state index contributed by atoms with van der Waals surface area (Å²) in [6, 6.07) is 5.66. The van der Waals surface area contributed by atoms with Crippen LogP contribution in [0.15, 0.2) is 38.8 Å². The minimum Gasteiger partial charge on any atom is -0.410 e. The van der Waals surface area contributed by atoms with E-state index in [4.69, 9.17) is 5.21 Å². The topological polar surface area (TPSA) is 87.0 Å². The average molecular weight is 335 g/mol. The van der Waals surface area contributed by atoms with Crippen LogP contribution in [-0.4, -0.2) is 43.6 Å². The van der Waals surface area contributed by atoms with Crippen molar-refractivity contribution in [3.05, 3.63) is 28.7 Å². The zero-order valence-corrected chi connectivity index (χ0v) is 12.1. The average Bonchev–Trinajstić information content (AvgIpc) is 2.29. The van der Waals surface area contributed by atoms with E-state index < -0.39 is 20.8 Å². The van der Waals surface area contributed by atoms with Crippen LogP contribution in [0.25, 0.3) is 0 Å². The Morgan fingerprint density at radius 3 is 2.17 bits per heavy atom. The molecule has 0 aliphatic rings. The Hall–Kier alpha value is -1.41. The predicted molar refractivity (Wildman–Crippen MR) is 69.2 cm³/mol. The Morgan fingerprint density at radius 1 is 1.28 bits per heavy atom. The van der Waals surface area contributed by atoms with Crippen LogP contribution in [0, 0.1) is 0 Å². The lowest BCUT2D eigenvalue weighted by Crippen LogP contribution is -2.35. The second-order valence-corrected chi connectivity index (χ2v) is 6.34. The predicted octanol–water partition coefficient (Wildman–Crippen LogP) is 1.10. The second kappa shape index (κ2) is 5.49. The summed E-state index contributed by atoms with van der Waals surface area (Å²) in [6.07, 6.45) is 0. The summed E-state index contributed by atoms with van der Waals surface area (Å²) in [7, 11) is -1.39. The molecular weight excluding hydrogens is 324 g/mol. The molecule has 8 heteroatoms. The van der Waals surface area contributed by atoms with Crippen molar-refractivity contribution in [1.29, 1.82) is 0 Å². The number of hydrogen-bond donors (Lipinski definition) is 1. The van der Waals surface area contributed by atoms with Crippen molar-refractivity contribution >= 4 is 36.7 Å². The molecule has 0 bridgehead atoms. The zero-order chi connectivity index (χ0) is 13.9. The highest BCUT2D eigenvalue weighted by Crippen LogP contribution is 2.17. The minimum atomic E-state index is -4.12. The fourth-order valence-electron chi connectivity index (χ4n) is 1.13. The van der Waals surface area contributed by atoms with E-state index >= 15 is 0 Å². The van der Waals surface area contributed by atoms with Crippen LogP contribution in [0.2, 0.25) is 0 Å². The van der Waals surface area contributed by atoms with E-state index in [9.17, 15) is 13.2 Å². The van der Waals surface area contributed by atoms with E-state index in [0.29, 0.717) is 4.47 Å². The van der Waals surface area contributed by atoms with Crippen LogP contribution in [0.3, 0.4) is 0 Å². The summed E-state index contributed by atoms with van der Waals surface area (Å²) in [5.74, 6) is -0.889. The molecule has 0 atom stereocenters. The number of amides is 1. The quantitative estimate of drug-likeness (QED) is 0.360. The second-order valence-electron chi connectivity index (χ2n) is 3.56. The van der Waals surface area contributed by atoms with Crippen molar-refractivity contribution in [2.75, 3.05) is 14.1 Å². The molecule has 0 fully saturated rings. The number of sulfone groups is 1. The first-order valence-corrected chi connectivity index (χ1v) is 7.02. The molecule has 18 heavy (non-hydrogen) atoms. The molecule has 1 amide bonds. The normalized spacial score (nSPS) is 12.3. The lowest BCUT2D eigenvalue weighted by molar-refractivity contribution is -0.121. The highest BCUT2D eigenvalue weighted by molar-refractivity contribution is 9.10. The molecule has 0 heterocycles. The molecule has 0 aromatic heterocycles. The third kappa shape index (κ3) is 2.88. The van der Waals surface area contributed by atoms with Crippen molar-refractivity contribution in [2.45, 2.75) is 4.90 Å². The summed E-state index contributed by atoms with van der Waals surface area (Å²) in [5, 5.41) is 10.4. The lowest BCUT2D eigenvalue weighted by atomic mass is 10.4. The minimum absolute atomic E-state index is 0.117. The van der Waals surface area contributed by atoms with Crippen molar-refractivity contribution in [3.63, 3.8) is 0 Å². The number of oxime groups is 1. The van der Waals surface area contributed by atoms with Gasteiger partial charge < -0.3 is 10.1 Å². The molecule has 0 saturated heterocycles. The number of halogens is 1. The lowest BCUT2D eigenvalue weighted by Gasteiger charge is -2.11. The number of carbonyl (C=O) groups excluding carboxylic acids is 1. The SMILES string of the molecule is CN(C)C(=O)C(=NO)S(=O)(=O)c1ccc(Br)cc1. The summed E-state index contributed by atoms with van der Waals surface area (Å²) < 4.78 is 24.8. The maximum atomic E-state index is 12.1. The van der Waals surface area contributed by atoms with Gasteiger partial charge in [0.25, 0.3) is 11.0 Å². The summed E-state index contributed by atoms with van der Waals surface area (Å²) in [5.41, 5.74) is 0. The zero-order valence-electron chi connectivity index (χ0n) is 9.66. The van der Waals surface area contributed by atoms with Crippen LogP contribution in [-0.2, 0) is 14.6 Å². The van der Waals surface area contributed by atoms with Crippen LogP contribution in [0.4, 0.5) is 0 Å². The molecule has 1 rings (SSSR count). The molecule has 6 nitrogen and oxygen atoms in total. The number of nitrogens with zero attached hydrogens (tertiary/aromatic N) is 2. The maximum Gasteiger partial charge on any atom is 0.287 e. The van der Waals surface area contributed by atoms with E-state index in [1.807, 2.05) is 0 Å². The van der Waals surface area contributed by atoms with Crippen LogP contribution in [0.5, 0.6) is 0 Å². The van der Waals surface area contributed by atoms with E-state index in [2.05, 4.69) is 21.1 Å². The summed E-state index contributed by atoms with van der Waals surface area (Å²) in [4.78, 5) is 12.5. The van der Waals surface area contributed by atoms with Gasteiger partial charge in [0.1, 0.15) is 0 Å². The molecule has 0 radical (unpaired) electrons. The third-order valence-electron chi connectivity index (χ3n) is 2.06. The molecule has 0 aliphatic carbocycles. The molecule has 0 aliphatic heterocycles. The van der Waals surface area contributed by atoms with Gasteiger partial charge in [-0.25, -0.2) is 8.42 Å². The van der Waals surface area contributed by atoms with E-state index in [1.165, 1.54) is 38.4 Å². The monoisotopic (exact) mass is 334 g/mol. The van der Waals surface area contributed by atoms with Gasteiger partial charge in [-0.2, -0.15) is 0 Å². The molecule has 0 saturated carbocycles. The van der Waals surface area contributed by atoms with Crippen molar-refractivity contribution in [1.82, 2.24) is 4.90 Å². The number of hydrogen-bond acceptors (Lipinski definition) is 5. The van der Waals surface area contributed by atoms with Gasteiger partial charge in [-0.05, 0) is 24.3 Å². The Bertz CT molecular complexity index is 578. The van der Waals surface area contributed by atoms with E-state index in [-0.39, 0.29) is 4.90 Å². The van der Waals surface area contributed by atoms with E-state index in [0.717, 1.165) is 4.90 Å². The van der Waals surface area contributed by atoms with Gasteiger partial charge in [0.05, 0.1) is 4.90 Å². The largest absolute Gasteiger partial charge is 0.410 e. The fraction of sp³-hybridized carbons (Fsp3) is 0.200. The molecule has 0 spiro atoms. The first-order chi connectivity index (χ1) is 8.30. The first-order valence-electron chi connectivity index (χ1n) is 4.75. The summed E-state index contributed by atoms with van der Waals surface area (Å²) >= 11 is 3.17. The van der Waals surface area contributed by atoms with Gasteiger partial charge in [-0.1, -0.05) is 21.1 Å². The van der Waals surface area contributed by atoms with Crippen molar-refractivity contribution in [2.24, 2.45) is 5.16 Å². The molecule has 1 aromatic carbocycles. The van der Waals surface area contributed by atoms with Gasteiger partial charge in [0, 0.05) is 18.6 Å². The molecule has 1 aromatic rings. The van der Waals surface area contributed by atoms with Crippen molar-refractivity contribution < 1.29 is 18.4 Å².